The van der Waals surface area contributed by atoms with Crippen molar-refractivity contribution in [2.75, 3.05) is 26.1 Å². The first kappa shape index (κ1) is 15.3. The first-order chi connectivity index (χ1) is 8.38. The Kier molecular flexibility index (Phi) is 5.43. The maximum absolute atomic E-state index is 12.5. The molecule has 3 nitrogen and oxygen atoms in total. The summed E-state index contributed by atoms with van der Waals surface area (Å²) in [4.78, 5) is 0. The minimum atomic E-state index is -4.36. The molecular weight excluding hydrogens is 315 g/mol. The highest BCUT2D eigenvalue weighted by Gasteiger charge is 2.30. The molecular formula is C11H13BrF3NO2. The second-order valence-electron chi connectivity index (χ2n) is 3.47. The van der Waals surface area contributed by atoms with Crippen LogP contribution in [0, 0.1) is 0 Å². The van der Waals surface area contributed by atoms with Crippen molar-refractivity contribution in [3.63, 3.8) is 0 Å². The molecule has 0 spiro atoms. The molecule has 1 rings (SSSR count). The molecule has 1 aromatic rings. The number of halogens is 4. The van der Waals surface area contributed by atoms with Crippen molar-refractivity contribution in [3.8, 4) is 0 Å². The fourth-order valence-electron chi connectivity index (χ4n) is 1.29. The van der Waals surface area contributed by atoms with Gasteiger partial charge in [0.2, 0.25) is 0 Å². The second-order valence-corrected chi connectivity index (χ2v) is 4.33. The molecule has 0 aliphatic heterocycles. The van der Waals surface area contributed by atoms with E-state index in [0.29, 0.717) is 10.2 Å². The average Bonchev–Trinajstić information content (AvgIpc) is 2.31. The molecule has 0 saturated carbocycles. The first-order valence-corrected chi connectivity index (χ1v) is 5.84. The van der Waals surface area contributed by atoms with Crippen LogP contribution in [-0.4, -0.2) is 27.1 Å². The Hall–Kier alpha value is -0.790. The Morgan fingerprint density at radius 2 is 1.89 bits per heavy atom. The molecule has 1 aromatic carbocycles. The first-order valence-electron chi connectivity index (χ1n) is 5.04. The van der Waals surface area contributed by atoms with Crippen molar-refractivity contribution < 1.29 is 22.6 Å². The van der Waals surface area contributed by atoms with Crippen LogP contribution in [0.25, 0.3) is 0 Å². The van der Waals surface area contributed by atoms with Gasteiger partial charge in [-0.15, -0.1) is 0 Å². The number of alkyl halides is 3. The Morgan fingerprint density at radius 3 is 2.39 bits per heavy atom. The molecule has 0 radical (unpaired) electrons. The van der Waals surface area contributed by atoms with E-state index < -0.39 is 18.0 Å². The molecule has 0 aliphatic rings. The maximum atomic E-state index is 12.5. The Bertz CT molecular complexity index is 394. The summed E-state index contributed by atoms with van der Waals surface area (Å²) in [5.41, 5.74) is -0.372. The number of anilines is 1. The fraction of sp³-hybridized carbons (Fsp3) is 0.455. The van der Waals surface area contributed by atoms with E-state index in [2.05, 4.69) is 21.2 Å². The summed E-state index contributed by atoms with van der Waals surface area (Å²) in [5, 5.41) is 2.83. The van der Waals surface area contributed by atoms with Gasteiger partial charge in [-0.2, -0.15) is 13.2 Å². The molecule has 102 valence electrons. The lowest BCUT2D eigenvalue weighted by atomic mass is 10.2. The molecule has 0 saturated heterocycles. The minimum Gasteiger partial charge on any atom is -0.379 e. The van der Waals surface area contributed by atoms with Crippen molar-refractivity contribution in [3.05, 3.63) is 28.2 Å². The van der Waals surface area contributed by atoms with Gasteiger partial charge in [0.25, 0.3) is 0 Å². The standard InChI is InChI=1S/C11H13BrF3NO2/c1-17-10(18-2)6-16-9-5-7(11(13,14)15)3-4-8(9)12/h3-5,10,16H,6H2,1-2H3. The normalized spacial score (nSPS) is 11.9. The molecule has 0 heterocycles. The molecule has 18 heavy (non-hydrogen) atoms. The van der Waals surface area contributed by atoms with E-state index in [0.717, 1.165) is 12.1 Å². The van der Waals surface area contributed by atoms with Crippen LogP contribution in [0.2, 0.25) is 0 Å². The van der Waals surface area contributed by atoms with Gasteiger partial charge < -0.3 is 14.8 Å². The molecule has 0 atom stereocenters. The molecule has 0 amide bonds. The van der Waals surface area contributed by atoms with Crippen LogP contribution in [0.15, 0.2) is 22.7 Å². The summed E-state index contributed by atoms with van der Waals surface area (Å²) in [7, 11) is 2.91. The third-order valence-corrected chi connectivity index (χ3v) is 2.97. The Morgan fingerprint density at radius 1 is 1.28 bits per heavy atom. The topological polar surface area (TPSA) is 30.5 Å². The molecule has 1 N–H and O–H groups in total. The average molecular weight is 328 g/mol. The Labute approximate surface area is 111 Å². The molecule has 0 aromatic heterocycles. The number of benzene rings is 1. The van der Waals surface area contributed by atoms with Crippen molar-refractivity contribution >= 4 is 21.6 Å². The number of rotatable bonds is 5. The lowest BCUT2D eigenvalue weighted by molar-refractivity contribution is -0.137. The van der Waals surface area contributed by atoms with Crippen LogP contribution in [0.1, 0.15) is 5.56 Å². The van der Waals surface area contributed by atoms with Gasteiger partial charge in [0.15, 0.2) is 6.29 Å². The highest BCUT2D eigenvalue weighted by molar-refractivity contribution is 9.10. The predicted molar refractivity (Wildman–Crippen MR) is 65.4 cm³/mol. The zero-order valence-corrected chi connectivity index (χ0v) is 11.4. The summed E-state index contributed by atoms with van der Waals surface area (Å²) < 4.78 is 48.0. The van der Waals surface area contributed by atoms with Gasteiger partial charge in [0.05, 0.1) is 12.1 Å². The third-order valence-electron chi connectivity index (χ3n) is 2.28. The summed E-state index contributed by atoms with van der Waals surface area (Å²) in [6.45, 7) is 0.243. The van der Waals surface area contributed by atoms with Crippen molar-refractivity contribution in [2.24, 2.45) is 0 Å². The lowest BCUT2D eigenvalue weighted by Gasteiger charge is -2.17. The molecule has 0 fully saturated rings. The van der Waals surface area contributed by atoms with Gasteiger partial charge in [0, 0.05) is 24.4 Å². The van der Waals surface area contributed by atoms with E-state index in [9.17, 15) is 13.2 Å². The van der Waals surface area contributed by atoms with Gasteiger partial charge >= 0.3 is 6.18 Å². The van der Waals surface area contributed by atoms with Crippen LogP contribution >= 0.6 is 15.9 Å². The highest BCUT2D eigenvalue weighted by atomic mass is 79.9. The Balaban J connectivity index is 2.82. The van der Waals surface area contributed by atoms with E-state index in [1.165, 1.54) is 20.3 Å². The zero-order valence-electron chi connectivity index (χ0n) is 9.84. The van der Waals surface area contributed by atoms with E-state index in [1.807, 2.05) is 0 Å². The second kappa shape index (κ2) is 6.40. The fourth-order valence-corrected chi connectivity index (χ4v) is 1.68. The van der Waals surface area contributed by atoms with Gasteiger partial charge in [0.1, 0.15) is 0 Å². The van der Waals surface area contributed by atoms with Crippen molar-refractivity contribution in [1.82, 2.24) is 0 Å². The minimum absolute atomic E-state index is 0.243. The molecule has 0 unspecified atom stereocenters. The number of nitrogens with one attached hydrogen (secondary N) is 1. The van der Waals surface area contributed by atoms with E-state index in [4.69, 9.17) is 9.47 Å². The van der Waals surface area contributed by atoms with Crippen LogP contribution in [0.5, 0.6) is 0 Å². The monoisotopic (exact) mass is 327 g/mol. The van der Waals surface area contributed by atoms with Crippen LogP contribution in [-0.2, 0) is 15.7 Å². The summed E-state index contributed by atoms with van der Waals surface area (Å²) >= 11 is 3.18. The van der Waals surface area contributed by atoms with Crippen molar-refractivity contribution in [1.29, 1.82) is 0 Å². The number of ether oxygens (including phenoxy) is 2. The quantitative estimate of drug-likeness (QED) is 0.840. The van der Waals surface area contributed by atoms with Gasteiger partial charge in [-0.1, -0.05) is 0 Å². The number of hydrogen-bond donors (Lipinski definition) is 1. The van der Waals surface area contributed by atoms with E-state index >= 15 is 0 Å². The smallest absolute Gasteiger partial charge is 0.379 e. The number of hydrogen-bond acceptors (Lipinski definition) is 3. The highest BCUT2D eigenvalue weighted by Crippen LogP contribution is 2.33. The summed E-state index contributed by atoms with van der Waals surface area (Å²) in [6.07, 6.45) is -4.88. The maximum Gasteiger partial charge on any atom is 0.416 e. The number of methoxy groups -OCH3 is 2. The van der Waals surface area contributed by atoms with Crippen molar-refractivity contribution in [2.45, 2.75) is 12.5 Å². The molecule has 0 bridgehead atoms. The van der Waals surface area contributed by atoms with Crippen LogP contribution in [0.3, 0.4) is 0 Å². The summed E-state index contributed by atoms with van der Waals surface area (Å²) in [6, 6.07) is 3.39. The summed E-state index contributed by atoms with van der Waals surface area (Å²) in [5.74, 6) is 0. The van der Waals surface area contributed by atoms with Crippen LogP contribution < -0.4 is 5.32 Å². The SMILES string of the molecule is COC(CNc1cc(C(F)(F)F)ccc1Br)OC. The zero-order chi connectivity index (χ0) is 13.8. The van der Waals surface area contributed by atoms with Gasteiger partial charge in [-0.05, 0) is 34.1 Å². The van der Waals surface area contributed by atoms with E-state index in [-0.39, 0.29) is 6.54 Å². The van der Waals surface area contributed by atoms with Gasteiger partial charge in [-0.3, -0.25) is 0 Å². The predicted octanol–water partition coefficient (Wildman–Crippen LogP) is 3.50. The van der Waals surface area contributed by atoms with E-state index in [1.54, 1.807) is 0 Å². The molecule has 0 aliphatic carbocycles. The van der Waals surface area contributed by atoms with Gasteiger partial charge in [-0.25, -0.2) is 0 Å². The largest absolute Gasteiger partial charge is 0.416 e. The molecule has 7 heteroatoms. The lowest BCUT2D eigenvalue weighted by Crippen LogP contribution is -2.23. The third kappa shape index (κ3) is 4.15. The van der Waals surface area contributed by atoms with Crippen LogP contribution in [0.4, 0.5) is 18.9 Å².